The summed E-state index contributed by atoms with van der Waals surface area (Å²) in [6.07, 6.45) is 0. The Morgan fingerprint density at radius 3 is 2.70 bits per heavy atom. The van der Waals surface area contributed by atoms with Crippen LogP contribution in [-0.2, 0) is 17.1 Å². The van der Waals surface area contributed by atoms with Crippen LogP contribution < -0.4 is 5.56 Å². The quantitative estimate of drug-likeness (QED) is 0.652. The van der Waals surface area contributed by atoms with Crippen LogP contribution in [0.1, 0.15) is 25.2 Å². The zero-order valence-electron chi connectivity index (χ0n) is 15.6. The van der Waals surface area contributed by atoms with E-state index >= 15 is 0 Å². The van der Waals surface area contributed by atoms with Gasteiger partial charge in [-0.2, -0.15) is 0 Å². The zero-order valence-corrected chi connectivity index (χ0v) is 17.3. The number of aromatic nitrogens is 2. The Bertz CT molecular complexity index is 966. The maximum Gasteiger partial charge on any atom is 0.268 e. The van der Waals surface area contributed by atoms with Crippen molar-refractivity contribution >= 4 is 39.2 Å². The average molecular weight is 402 g/mol. The molecule has 0 saturated carbocycles. The first kappa shape index (κ1) is 19.6. The lowest BCUT2D eigenvalue weighted by molar-refractivity contribution is -0.130. The van der Waals surface area contributed by atoms with Gasteiger partial charge < -0.3 is 9.88 Å². The van der Waals surface area contributed by atoms with E-state index in [1.807, 2.05) is 29.6 Å². The van der Waals surface area contributed by atoms with Crippen molar-refractivity contribution in [1.29, 1.82) is 0 Å². The third-order valence-electron chi connectivity index (χ3n) is 4.25. The lowest BCUT2D eigenvalue weighted by Gasteiger charge is -2.25. The van der Waals surface area contributed by atoms with Gasteiger partial charge in [-0.15, -0.1) is 23.1 Å². The highest BCUT2D eigenvalue weighted by Gasteiger charge is 2.26. The summed E-state index contributed by atoms with van der Waals surface area (Å²) in [5.74, 6) is 1.57. The Hall–Kier alpha value is -2.12. The summed E-state index contributed by atoms with van der Waals surface area (Å²) >= 11 is 3.03. The van der Waals surface area contributed by atoms with E-state index in [4.69, 9.17) is 0 Å². The standard InChI is InChI=1S/C20H23N3O2S2/c1-13(2)17(27-12-14-7-5-4-6-8-14)20(25)23(3)11-16-21-15-9-10-26-18(15)19(24)22-16/h4-10,13,17H,11-12H2,1-3H3,(H,21,22,24). The molecule has 3 rings (SSSR count). The lowest BCUT2D eigenvalue weighted by Crippen LogP contribution is -2.37. The van der Waals surface area contributed by atoms with Crippen LogP contribution >= 0.6 is 23.1 Å². The van der Waals surface area contributed by atoms with Crippen LogP contribution in [-0.4, -0.2) is 33.1 Å². The molecule has 142 valence electrons. The van der Waals surface area contributed by atoms with Crippen molar-refractivity contribution in [1.82, 2.24) is 14.9 Å². The number of carbonyl (C=O) groups is 1. The molecule has 1 unspecified atom stereocenters. The molecule has 5 nitrogen and oxygen atoms in total. The van der Waals surface area contributed by atoms with Crippen molar-refractivity contribution in [3.63, 3.8) is 0 Å². The molecule has 1 aromatic carbocycles. The van der Waals surface area contributed by atoms with Crippen LogP contribution in [0.4, 0.5) is 0 Å². The first-order valence-corrected chi connectivity index (χ1v) is 10.8. The van der Waals surface area contributed by atoms with Crippen molar-refractivity contribution in [3.05, 3.63) is 63.5 Å². The van der Waals surface area contributed by atoms with Crippen molar-refractivity contribution in [2.24, 2.45) is 5.92 Å². The van der Waals surface area contributed by atoms with Crippen LogP contribution in [0.3, 0.4) is 0 Å². The molecular formula is C20H23N3O2S2. The SMILES string of the molecule is CC(C)C(SCc1ccccc1)C(=O)N(C)Cc1nc2ccsc2c(=O)[nH]1. The Morgan fingerprint density at radius 1 is 1.26 bits per heavy atom. The average Bonchev–Trinajstić information content (AvgIpc) is 3.11. The van der Waals surface area contributed by atoms with E-state index in [2.05, 4.69) is 35.9 Å². The Labute approximate surface area is 166 Å². The maximum atomic E-state index is 13.0. The van der Waals surface area contributed by atoms with Gasteiger partial charge >= 0.3 is 0 Å². The second kappa shape index (κ2) is 8.71. The molecule has 0 aliphatic carbocycles. The number of thioether (sulfide) groups is 1. The molecule has 1 N–H and O–H groups in total. The highest BCUT2D eigenvalue weighted by molar-refractivity contribution is 7.99. The van der Waals surface area contributed by atoms with Gasteiger partial charge in [0.05, 0.1) is 17.3 Å². The highest BCUT2D eigenvalue weighted by atomic mass is 32.2. The van der Waals surface area contributed by atoms with Crippen molar-refractivity contribution in [3.8, 4) is 0 Å². The molecule has 2 heterocycles. The summed E-state index contributed by atoms with van der Waals surface area (Å²) in [4.78, 5) is 34.0. The van der Waals surface area contributed by atoms with Crippen molar-refractivity contribution in [2.75, 3.05) is 7.05 Å². The number of amides is 1. The molecule has 3 aromatic rings. The van der Waals surface area contributed by atoms with Gasteiger partial charge in [0.15, 0.2) is 0 Å². The van der Waals surface area contributed by atoms with Gasteiger partial charge in [0.25, 0.3) is 5.56 Å². The topological polar surface area (TPSA) is 66.1 Å². The number of thiophene rings is 1. The van der Waals surface area contributed by atoms with E-state index in [-0.39, 0.29) is 29.2 Å². The van der Waals surface area contributed by atoms with Gasteiger partial charge in [-0.25, -0.2) is 4.98 Å². The van der Waals surface area contributed by atoms with Crippen molar-refractivity contribution < 1.29 is 4.79 Å². The second-order valence-electron chi connectivity index (χ2n) is 6.80. The van der Waals surface area contributed by atoms with E-state index < -0.39 is 0 Å². The first-order valence-electron chi connectivity index (χ1n) is 8.82. The molecule has 2 aromatic heterocycles. The molecule has 27 heavy (non-hydrogen) atoms. The predicted octanol–water partition coefficient (Wildman–Crippen LogP) is 3.90. The Kier molecular flexibility index (Phi) is 6.34. The third-order valence-corrected chi connectivity index (χ3v) is 6.76. The van der Waals surface area contributed by atoms with Crippen LogP contribution in [0.25, 0.3) is 10.2 Å². The molecule has 0 spiro atoms. The predicted molar refractivity (Wildman–Crippen MR) is 113 cm³/mol. The van der Waals surface area contributed by atoms with E-state index in [9.17, 15) is 9.59 Å². The first-order chi connectivity index (χ1) is 13.0. The van der Waals surface area contributed by atoms with Gasteiger partial charge in [0.2, 0.25) is 5.91 Å². The van der Waals surface area contributed by atoms with Gasteiger partial charge in [-0.05, 0) is 22.9 Å². The largest absolute Gasteiger partial charge is 0.337 e. The fourth-order valence-electron chi connectivity index (χ4n) is 2.83. The molecule has 0 fully saturated rings. The minimum Gasteiger partial charge on any atom is -0.337 e. The fourth-order valence-corrected chi connectivity index (χ4v) is 4.82. The minimum absolute atomic E-state index is 0.0546. The van der Waals surface area contributed by atoms with E-state index in [1.54, 1.807) is 23.7 Å². The van der Waals surface area contributed by atoms with Gasteiger partial charge in [-0.1, -0.05) is 44.2 Å². The molecule has 0 aliphatic rings. The van der Waals surface area contributed by atoms with Gasteiger partial charge in [-0.3, -0.25) is 9.59 Å². The highest BCUT2D eigenvalue weighted by Crippen LogP contribution is 2.26. The number of hydrogen-bond acceptors (Lipinski definition) is 5. The van der Waals surface area contributed by atoms with Crippen molar-refractivity contribution in [2.45, 2.75) is 31.4 Å². The monoisotopic (exact) mass is 401 g/mol. The number of nitrogens with zero attached hydrogens (tertiary/aromatic N) is 2. The van der Waals surface area contributed by atoms with E-state index in [0.29, 0.717) is 16.0 Å². The number of benzene rings is 1. The molecular weight excluding hydrogens is 378 g/mol. The molecule has 7 heteroatoms. The molecule has 1 atom stereocenters. The molecule has 0 aliphatic heterocycles. The molecule has 0 saturated heterocycles. The van der Waals surface area contributed by atoms with E-state index in [0.717, 1.165) is 5.75 Å². The smallest absolute Gasteiger partial charge is 0.268 e. The summed E-state index contributed by atoms with van der Waals surface area (Å²) in [6.45, 7) is 4.41. The third kappa shape index (κ3) is 4.78. The number of H-pyrrole nitrogens is 1. The lowest BCUT2D eigenvalue weighted by atomic mass is 10.1. The zero-order chi connectivity index (χ0) is 19.4. The fraction of sp³-hybridized carbons (Fsp3) is 0.350. The molecule has 0 bridgehead atoms. The van der Waals surface area contributed by atoms with Gasteiger partial charge in [0.1, 0.15) is 10.5 Å². The molecule has 0 radical (unpaired) electrons. The number of fused-ring (bicyclic) bond motifs is 1. The van der Waals surface area contributed by atoms with Gasteiger partial charge in [0, 0.05) is 12.8 Å². The summed E-state index contributed by atoms with van der Waals surface area (Å²) in [5, 5.41) is 1.70. The number of carbonyl (C=O) groups excluding carboxylic acids is 1. The minimum atomic E-state index is -0.148. The normalized spacial score (nSPS) is 12.4. The Balaban J connectivity index is 1.69. The number of hydrogen-bond donors (Lipinski definition) is 1. The summed E-state index contributed by atoms with van der Waals surface area (Å²) in [6, 6.07) is 12.0. The van der Waals surface area contributed by atoms with Crippen LogP contribution in [0.15, 0.2) is 46.6 Å². The number of aromatic amines is 1. The molecule has 1 amide bonds. The number of nitrogens with one attached hydrogen (secondary N) is 1. The maximum absolute atomic E-state index is 13.0. The Morgan fingerprint density at radius 2 is 2.00 bits per heavy atom. The van der Waals surface area contributed by atoms with Crippen LogP contribution in [0.2, 0.25) is 0 Å². The summed E-state index contributed by atoms with van der Waals surface area (Å²) in [7, 11) is 1.76. The summed E-state index contributed by atoms with van der Waals surface area (Å²) < 4.78 is 0.617. The van der Waals surface area contributed by atoms with Crippen LogP contribution in [0, 0.1) is 5.92 Å². The van der Waals surface area contributed by atoms with Crippen LogP contribution in [0.5, 0.6) is 0 Å². The summed E-state index contributed by atoms with van der Waals surface area (Å²) in [5.41, 5.74) is 1.74. The second-order valence-corrected chi connectivity index (χ2v) is 8.85. The number of rotatable bonds is 7. The van der Waals surface area contributed by atoms with E-state index in [1.165, 1.54) is 16.9 Å².